The number of fused-ring (bicyclic) bond motifs is 1. The first kappa shape index (κ1) is 13.8. The second-order valence-corrected chi connectivity index (χ2v) is 7.33. The molecule has 2 fully saturated rings. The highest BCUT2D eigenvalue weighted by atomic mass is 32.2. The fourth-order valence-electron chi connectivity index (χ4n) is 3.00. The lowest BCUT2D eigenvalue weighted by Gasteiger charge is -2.39. The van der Waals surface area contributed by atoms with Gasteiger partial charge in [0.15, 0.2) is 0 Å². The Labute approximate surface area is 109 Å². The molecule has 0 aromatic heterocycles. The molecule has 5 nitrogen and oxygen atoms in total. The van der Waals surface area contributed by atoms with Crippen molar-refractivity contribution in [2.24, 2.45) is 5.92 Å². The summed E-state index contributed by atoms with van der Waals surface area (Å²) >= 11 is 0. The quantitative estimate of drug-likeness (QED) is 0.797. The van der Waals surface area contributed by atoms with Crippen molar-refractivity contribution in [3.05, 3.63) is 0 Å². The van der Waals surface area contributed by atoms with E-state index in [9.17, 15) is 13.2 Å². The van der Waals surface area contributed by atoms with Crippen molar-refractivity contribution >= 4 is 15.9 Å². The monoisotopic (exact) mass is 274 g/mol. The molecule has 3 unspecified atom stereocenters. The van der Waals surface area contributed by atoms with Crippen LogP contribution in [-0.4, -0.2) is 32.2 Å². The molecule has 2 aliphatic rings. The van der Waals surface area contributed by atoms with Gasteiger partial charge in [-0.3, -0.25) is 9.52 Å². The number of carbonyl (C=O) groups is 1. The average Bonchev–Trinajstić information content (AvgIpc) is 2.37. The van der Waals surface area contributed by atoms with Crippen molar-refractivity contribution in [3.63, 3.8) is 0 Å². The van der Waals surface area contributed by atoms with Gasteiger partial charge in [-0.05, 0) is 38.5 Å². The van der Waals surface area contributed by atoms with E-state index in [4.69, 9.17) is 0 Å². The van der Waals surface area contributed by atoms with Gasteiger partial charge in [-0.1, -0.05) is 12.8 Å². The molecule has 0 radical (unpaired) electrons. The topological polar surface area (TPSA) is 75.3 Å². The molecule has 0 aromatic rings. The third-order valence-corrected chi connectivity index (χ3v) is 5.38. The van der Waals surface area contributed by atoms with Gasteiger partial charge in [0.2, 0.25) is 10.0 Å². The van der Waals surface area contributed by atoms with Crippen molar-refractivity contribution in [3.8, 4) is 0 Å². The van der Waals surface area contributed by atoms with Gasteiger partial charge >= 0.3 is 0 Å². The van der Waals surface area contributed by atoms with Crippen LogP contribution in [0.25, 0.3) is 0 Å². The molecule has 0 aromatic carbocycles. The predicted octanol–water partition coefficient (Wildman–Crippen LogP) is 0.763. The smallest absolute Gasteiger partial charge is 0.250 e. The van der Waals surface area contributed by atoms with Gasteiger partial charge in [-0.2, -0.15) is 0 Å². The SMILES string of the molecule is CCS(=O)(=O)NC(=O)C1CCC2CCCCC2N1. The van der Waals surface area contributed by atoms with Crippen LogP contribution in [0, 0.1) is 5.92 Å². The van der Waals surface area contributed by atoms with Gasteiger partial charge < -0.3 is 5.32 Å². The number of sulfonamides is 1. The second-order valence-electron chi connectivity index (χ2n) is 5.32. The van der Waals surface area contributed by atoms with Crippen molar-refractivity contribution in [2.45, 2.75) is 57.5 Å². The Hall–Kier alpha value is -0.620. The zero-order valence-corrected chi connectivity index (χ0v) is 11.6. The zero-order chi connectivity index (χ0) is 13.2. The van der Waals surface area contributed by atoms with Gasteiger partial charge in [-0.25, -0.2) is 8.42 Å². The maximum Gasteiger partial charge on any atom is 0.250 e. The lowest BCUT2D eigenvalue weighted by molar-refractivity contribution is -0.122. The number of nitrogens with one attached hydrogen (secondary N) is 2. The van der Waals surface area contributed by atoms with Crippen LogP contribution in [0.3, 0.4) is 0 Å². The molecule has 1 aliphatic carbocycles. The molecule has 3 atom stereocenters. The van der Waals surface area contributed by atoms with Gasteiger partial charge in [0.25, 0.3) is 5.91 Å². The van der Waals surface area contributed by atoms with Gasteiger partial charge in [-0.15, -0.1) is 0 Å². The second kappa shape index (κ2) is 5.57. The molecule has 0 bridgehead atoms. The first-order valence-corrected chi connectivity index (χ1v) is 8.47. The summed E-state index contributed by atoms with van der Waals surface area (Å²) in [5.41, 5.74) is 0. The Bertz CT molecular complexity index is 408. The lowest BCUT2D eigenvalue weighted by Crippen LogP contribution is -2.55. The highest BCUT2D eigenvalue weighted by molar-refractivity contribution is 7.90. The highest BCUT2D eigenvalue weighted by Gasteiger charge is 2.35. The van der Waals surface area contributed by atoms with Crippen molar-refractivity contribution in [1.82, 2.24) is 10.0 Å². The van der Waals surface area contributed by atoms with Crippen LogP contribution < -0.4 is 10.0 Å². The van der Waals surface area contributed by atoms with E-state index in [1.54, 1.807) is 0 Å². The van der Waals surface area contributed by atoms with E-state index in [0.29, 0.717) is 12.0 Å². The number of rotatable bonds is 3. The molecular weight excluding hydrogens is 252 g/mol. The van der Waals surface area contributed by atoms with E-state index in [1.165, 1.54) is 26.2 Å². The lowest BCUT2D eigenvalue weighted by atomic mass is 9.78. The summed E-state index contributed by atoms with van der Waals surface area (Å²) in [5.74, 6) is 0.226. The van der Waals surface area contributed by atoms with Crippen LogP contribution in [0.1, 0.15) is 45.4 Å². The first-order chi connectivity index (χ1) is 8.52. The minimum Gasteiger partial charge on any atom is -0.303 e. The third kappa shape index (κ3) is 3.23. The summed E-state index contributed by atoms with van der Waals surface area (Å²) in [7, 11) is -3.44. The van der Waals surface area contributed by atoms with Crippen molar-refractivity contribution in [2.75, 3.05) is 5.75 Å². The minimum atomic E-state index is -3.44. The van der Waals surface area contributed by atoms with Crippen LogP contribution in [-0.2, 0) is 14.8 Å². The number of hydrogen-bond donors (Lipinski definition) is 2. The van der Waals surface area contributed by atoms with E-state index in [0.717, 1.165) is 19.3 Å². The molecule has 2 rings (SSSR count). The Morgan fingerprint density at radius 3 is 2.67 bits per heavy atom. The molecule has 104 valence electrons. The van der Waals surface area contributed by atoms with Gasteiger partial charge in [0.05, 0.1) is 11.8 Å². The number of hydrogen-bond acceptors (Lipinski definition) is 4. The van der Waals surface area contributed by atoms with Crippen LogP contribution in [0.15, 0.2) is 0 Å². The third-order valence-electron chi connectivity index (χ3n) is 4.10. The van der Waals surface area contributed by atoms with Crippen molar-refractivity contribution in [1.29, 1.82) is 0 Å². The minimum absolute atomic E-state index is 0.0580. The molecule has 1 saturated carbocycles. The molecule has 1 amide bonds. The maximum atomic E-state index is 11.9. The van der Waals surface area contributed by atoms with E-state index in [2.05, 4.69) is 10.0 Å². The van der Waals surface area contributed by atoms with E-state index in [-0.39, 0.29) is 17.7 Å². The molecule has 6 heteroatoms. The summed E-state index contributed by atoms with van der Waals surface area (Å²) in [5, 5.41) is 3.33. The summed E-state index contributed by atoms with van der Waals surface area (Å²) in [6, 6.07) is 0.0539. The fourth-order valence-corrected chi connectivity index (χ4v) is 3.59. The number of carbonyl (C=O) groups excluding carboxylic acids is 1. The molecular formula is C12H22N2O3S. The Morgan fingerprint density at radius 1 is 1.22 bits per heavy atom. The Kier molecular flexibility index (Phi) is 4.27. The van der Waals surface area contributed by atoms with Crippen LogP contribution >= 0.6 is 0 Å². The molecule has 1 saturated heterocycles. The fraction of sp³-hybridized carbons (Fsp3) is 0.917. The largest absolute Gasteiger partial charge is 0.303 e. The predicted molar refractivity (Wildman–Crippen MR) is 69.5 cm³/mol. The first-order valence-electron chi connectivity index (χ1n) is 6.82. The average molecular weight is 274 g/mol. The summed E-state index contributed by atoms with van der Waals surface area (Å²) in [4.78, 5) is 11.9. The standard InChI is InChI=1S/C12H22N2O3S/c1-2-18(16,17)14-12(15)11-8-7-9-5-3-4-6-10(9)13-11/h9-11,13H,2-8H2,1H3,(H,14,15). The highest BCUT2D eigenvalue weighted by Crippen LogP contribution is 2.32. The zero-order valence-electron chi connectivity index (χ0n) is 10.8. The Balaban J connectivity index is 1.92. The molecule has 1 aliphatic heterocycles. The summed E-state index contributed by atoms with van der Waals surface area (Å²) in [6.45, 7) is 1.53. The maximum absolute atomic E-state index is 11.9. The number of amides is 1. The normalized spacial score (nSPS) is 32.6. The molecule has 0 spiro atoms. The number of piperidine rings is 1. The summed E-state index contributed by atoms with van der Waals surface area (Å²) < 4.78 is 24.9. The summed E-state index contributed by atoms with van der Waals surface area (Å²) in [6.07, 6.45) is 6.60. The van der Waals surface area contributed by atoms with E-state index in [1.807, 2.05) is 0 Å². The Morgan fingerprint density at radius 2 is 1.94 bits per heavy atom. The van der Waals surface area contributed by atoms with Crippen LogP contribution in [0.2, 0.25) is 0 Å². The van der Waals surface area contributed by atoms with Gasteiger partial charge in [0, 0.05) is 6.04 Å². The van der Waals surface area contributed by atoms with Crippen LogP contribution in [0.5, 0.6) is 0 Å². The van der Waals surface area contributed by atoms with E-state index >= 15 is 0 Å². The molecule has 1 heterocycles. The van der Waals surface area contributed by atoms with E-state index < -0.39 is 10.0 Å². The van der Waals surface area contributed by atoms with Gasteiger partial charge in [0.1, 0.15) is 0 Å². The van der Waals surface area contributed by atoms with Crippen LogP contribution in [0.4, 0.5) is 0 Å². The molecule has 18 heavy (non-hydrogen) atoms. The van der Waals surface area contributed by atoms with Crippen molar-refractivity contribution < 1.29 is 13.2 Å². The molecule has 2 N–H and O–H groups in total.